The number of hydrogen-bond donors (Lipinski definition) is 1. The van der Waals surface area contributed by atoms with E-state index in [0.717, 1.165) is 22.6 Å². The van der Waals surface area contributed by atoms with Crippen LogP contribution in [-0.4, -0.2) is 20.9 Å². The summed E-state index contributed by atoms with van der Waals surface area (Å²) in [4.78, 5) is 12.9. The summed E-state index contributed by atoms with van der Waals surface area (Å²) in [5.41, 5.74) is 1.23. The highest BCUT2D eigenvalue weighted by molar-refractivity contribution is 7.13. The molecule has 0 saturated heterocycles. The zero-order valence-electron chi connectivity index (χ0n) is 12.4. The number of amides is 1. The first-order valence-corrected chi connectivity index (χ1v) is 7.71. The number of aryl methyl sites for hydroxylation is 1. The normalized spacial score (nSPS) is 10.8. The van der Waals surface area contributed by atoms with E-state index in [1.165, 1.54) is 16.0 Å². The van der Waals surface area contributed by atoms with Gasteiger partial charge in [-0.3, -0.25) is 4.79 Å². The van der Waals surface area contributed by atoms with E-state index in [1.54, 1.807) is 6.20 Å². The fourth-order valence-corrected chi connectivity index (χ4v) is 2.95. The highest BCUT2D eigenvalue weighted by atomic mass is 32.1. The van der Waals surface area contributed by atoms with Crippen LogP contribution in [0.2, 0.25) is 0 Å². The zero-order chi connectivity index (χ0) is 17.3. The molecule has 0 saturated carbocycles. The van der Waals surface area contributed by atoms with Crippen molar-refractivity contribution in [3.05, 3.63) is 52.8 Å². The van der Waals surface area contributed by atoms with Gasteiger partial charge < -0.3 is 5.32 Å². The van der Waals surface area contributed by atoms with Gasteiger partial charge >= 0.3 is 0 Å². The first-order chi connectivity index (χ1) is 11.5. The van der Waals surface area contributed by atoms with Crippen molar-refractivity contribution < 1.29 is 18.0 Å². The lowest BCUT2D eigenvalue weighted by molar-refractivity contribution is -0.116. The van der Waals surface area contributed by atoms with E-state index >= 15 is 0 Å². The van der Waals surface area contributed by atoms with Crippen LogP contribution in [0.3, 0.4) is 0 Å². The highest BCUT2D eigenvalue weighted by Gasteiger charge is 2.16. The first kappa shape index (κ1) is 16.2. The van der Waals surface area contributed by atoms with Gasteiger partial charge in [0, 0.05) is 0 Å². The minimum Gasteiger partial charge on any atom is -0.322 e. The van der Waals surface area contributed by atoms with Crippen LogP contribution in [0, 0.1) is 24.4 Å². The number of anilines is 1. The Kier molecular flexibility index (Phi) is 4.34. The quantitative estimate of drug-likeness (QED) is 0.733. The molecule has 1 N–H and O–H groups in total. The van der Waals surface area contributed by atoms with E-state index in [2.05, 4.69) is 15.6 Å². The second-order valence-electron chi connectivity index (χ2n) is 5.01. The van der Waals surface area contributed by atoms with Crippen molar-refractivity contribution >= 4 is 22.9 Å². The second-order valence-corrected chi connectivity index (χ2v) is 5.92. The molecule has 1 aromatic carbocycles. The van der Waals surface area contributed by atoms with Gasteiger partial charge in [0.1, 0.15) is 12.2 Å². The Morgan fingerprint density at radius 2 is 2.04 bits per heavy atom. The number of rotatable bonds is 4. The fourth-order valence-electron chi connectivity index (χ4n) is 2.07. The van der Waals surface area contributed by atoms with E-state index in [-0.39, 0.29) is 6.54 Å². The van der Waals surface area contributed by atoms with Gasteiger partial charge in [-0.2, -0.15) is 0 Å². The van der Waals surface area contributed by atoms with Crippen molar-refractivity contribution in [3.63, 3.8) is 0 Å². The maximum absolute atomic E-state index is 13.5. The smallest absolute Gasteiger partial charge is 0.246 e. The van der Waals surface area contributed by atoms with Crippen LogP contribution in [0.15, 0.2) is 29.8 Å². The molecule has 1 amide bonds. The maximum atomic E-state index is 13.5. The number of nitrogens with zero attached hydrogens (tertiary/aromatic N) is 3. The van der Waals surface area contributed by atoms with Gasteiger partial charge in [0.05, 0.1) is 16.8 Å². The number of hydrogen-bond acceptors (Lipinski definition) is 4. The van der Waals surface area contributed by atoms with Crippen molar-refractivity contribution in [2.45, 2.75) is 13.5 Å². The third-order valence-electron chi connectivity index (χ3n) is 3.25. The molecular weight excluding hydrogens is 341 g/mol. The summed E-state index contributed by atoms with van der Waals surface area (Å²) in [6.45, 7) is 1.69. The van der Waals surface area contributed by atoms with E-state index in [9.17, 15) is 18.0 Å². The predicted molar refractivity (Wildman–Crippen MR) is 83.0 cm³/mol. The lowest BCUT2D eigenvalue weighted by atomic mass is 10.2. The number of nitrogens with one attached hydrogen (secondary N) is 1. The molecule has 124 valence electrons. The van der Waals surface area contributed by atoms with Crippen LogP contribution in [0.5, 0.6) is 0 Å². The van der Waals surface area contributed by atoms with Gasteiger partial charge in [-0.1, -0.05) is 5.21 Å². The third kappa shape index (κ3) is 3.16. The van der Waals surface area contributed by atoms with Crippen molar-refractivity contribution in [3.8, 4) is 10.6 Å². The Hall–Kier alpha value is -2.68. The number of thiophene rings is 1. The molecule has 0 atom stereocenters. The van der Waals surface area contributed by atoms with Crippen molar-refractivity contribution in [1.82, 2.24) is 15.0 Å². The minimum atomic E-state index is -1.64. The highest BCUT2D eigenvalue weighted by Crippen LogP contribution is 2.26. The van der Waals surface area contributed by atoms with Gasteiger partial charge in [0.25, 0.3) is 0 Å². The maximum Gasteiger partial charge on any atom is 0.246 e. The molecule has 0 fully saturated rings. The Morgan fingerprint density at radius 3 is 2.75 bits per heavy atom. The molecule has 0 radical (unpaired) electrons. The number of benzene rings is 1. The summed E-state index contributed by atoms with van der Waals surface area (Å²) >= 11 is 1.50. The Labute approximate surface area is 138 Å². The van der Waals surface area contributed by atoms with Crippen LogP contribution in [0.25, 0.3) is 10.6 Å². The molecule has 0 unspecified atom stereocenters. The summed E-state index contributed by atoms with van der Waals surface area (Å²) in [7, 11) is 0. The van der Waals surface area contributed by atoms with Crippen LogP contribution in [0.4, 0.5) is 18.9 Å². The van der Waals surface area contributed by atoms with E-state index in [4.69, 9.17) is 0 Å². The Balaban J connectivity index is 1.71. The molecule has 24 heavy (non-hydrogen) atoms. The number of aromatic nitrogens is 3. The molecule has 9 heteroatoms. The molecule has 0 spiro atoms. The van der Waals surface area contributed by atoms with Crippen molar-refractivity contribution in [1.29, 1.82) is 0 Å². The molecule has 2 aromatic heterocycles. The molecule has 0 aliphatic carbocycles. The number of carbonyl (C=O) groups is 1. The molecule has 0 bridgehead atoms. The third-order valence-corrected chi connectivity index (χ3v) is 4.29. The molecular formula is C15H11F3N4OS. The Bertz CT molecular complexity index is 906. The fraction of sp³-hybridized carbons (Fsp3) is 0.133. The predicted octanol–water partition coefficient (Wildman–Crippen LogP) is 3.37. The standard InChI is InChI=1S/C15H11F3N4OS/c1-8-4-5-24-15(8)11-6-22(21-20-11)7-12(23)19-10-3-2-9(16)13(17)14(10)18/h2-6H,7H2,1H3,(H,19,23). The lowest BCUT2D eigenvalue weighted by Crippen LogP contribution is -2.20. The van der Waals surface area contributed by atoms with Gasteiger partial charge in [-0.25, -0.2) is 17.9 Å². The second kappa shape index (κ2) is 6.44. The van der Waals surface area contributed by atoms with E-state index < -0.39 is 29.0 Å². The van der Waals surface area contributed by atoms with Crippen LogP contribution in [-0.2, 0) is 11.3 Å². The first-order valence-electron chi connectivity index (χ1n) is 6.83. The molecule has 3 rings (SSSR count). The summed E-state index contributed by atoms with van der Waals surface area (Å²) in [5, 5.41) is 11.9. The molecule has 2 heterocycles. The van der Waals surface area contributed by atoms with Crippen molar-refractivity contribution in [2.24, 2.45) is 0 Å². The Morgan fingerprint density at radius 1 is 1.25 bits per heavy atom. The van der Waals surface area contributed by atoms with Crippen LogP contribution >= 0.6 is 11.3 Å². The lowest BCUT2D eigenvalue weighted by Gasteiger charge is -2.07. The summed E-state index contributed by atoms with van der Waals surface area (Å²) in [6, 6.07) is 3.63. The van der Waals surface area contributed by atoms with Gasteiger partial charge in [0.2, 0.25) is 5.91 Å². The summed E-state index contributed by atoms with van der Waals surface area (Å²) < 4.78 is 40.8. The van der Waals surface area contributed by atoms with Crippen molar-refractivity contribution in [2.75, 3.05) is 5.32 Å². The monoisotopic (exact) mass is 352 g/mol. The van der Waals surface area contributed by atoms with E-state index in [1.807, 2.05) is 18.4 Å². The molecule has 0 aliphatic rings. The van der Waals surface area contributed by atoms with Gasteiger partial charge in [-0.15, -0.1) is 16.4 Å². The average Bonchev–Trinajstić information content (AvgIpc) is 3.16. The van der Waals surface area contributed by atoms with Gasteiger partial charge in [0.15, 0.2) is 17.5 Å². The minimum absolute atomic E-state index is 0.240. The van der Waals surface area contributed by atoms with Crippen LogP contribution in [0.1, 0.15) is 5.56 Å². The average molecular weight is 352 g/mol. The number of halogens is 3. The SMILES string of the molecule is Cc1ccsc1-c1cn(CC(=O)Nc2ccc(F)c(F)c2F)nn1. The molecule has 0 aliphatic heterocycles. The summed E-state index contributed by atoms with van der Waals surface area (Å²) in [5.74, 6) is -5.04. The molecule has 5 nitrogen and oxygen atoms in total. The topological polar surface area (TPSA) is 59.8 Å². The summed E-state index contributed by atoms with van der Waals surface area (Å²) in [6.07, 6.45) is 1.58. The van der Waals surface area contributed by atoms with Gasteiger partial charge in [-0.05, 0) is 36.1 Å². The number of carbonyl (C=O) groups excluding carboxylic acids is 1. The molecule has 3 aromatic rings. The zero-order valence-corrected chi connectivity index (χ0v) is 13.2. The van der Waals surface area contributed by atoms with E-state index in [0.29, 0.717) is 5.69 Å². The van der Waals surface area contributed by atoms with Crippen LogP contribution < -0.4 is 5.32 Å². The largest absolute Gasteiger partial charge is 0.322 e.